The van der Waals surface area contributed by atoms with Gasteiger partial charge in [0.2, 0.25) is 5.91 Å². The summed E-state index contributed by atoms with van der Waals surface area (Å²) in [5.74, 6) is 0.113. The zero-order chi connectivity index (χ0) is 20.9. The molecule has 0 radical (unpaired) electrons. The maximum Gasteiger partial charge on any atom is 0.435 e. The molecule has 2 aliphatic heterocycles. The molecular formula is C19H19ClF3N5O. The summed E-state index contributed by atoms with van der Waals surface area (Å²) in [7, 11) is 0. The van der Waals surface area contributed by atoms with Gasteiger partial charge in [-0.1, -0.05) is 11.6 Å². The SMILES string of the molecule is Cc1nc2c(c(C)c1Cl)CN(C(=O)[C@@H]1CCN(c3ccc(C(F)(F)F)nn3)C1)C2. The first-order valence-electron chi connectivity index (χ1n) is 9.24. The number of aryl methyl sites for hydroxylation is 1. The number of nitrogens with zero attached hydrogens (tertiary/aromatic N) is 5. The molecule has 6 nitrogen and oxygen atoms in total. The molecule has 0 aliphatic carbocycles. The lowest BCUT2D eigenvalue weighted by Gasteiger charge is -2.21. The first kappa shape index (κ1) is 19.9. The number of halogens is 4. The Balaban J connectivity index is 1.43. The van der Waals surface area contributed by atoms with E-state index in [1.807, 2.05) is 13.8 Å². The predicted molar refractivity (Wildman–Crippen MR) is 100 cm³/mol. The van der Waals surface area contributed by atoms with Crippen LogP contribution in [0.3, 0.4) is 0 Å². The first-order valence-corrected chi connectivity index (χ1v) is 9.62. The smallest absolute Gasteiger partial charge is 0.354 e. The van der Waals surface area contributed by atoms with Gasteiger partial charge in [0.15, 0.2) is 11.5 Å². The Morgan fingerprint density at radius 2 is 1.97 bits per heavy atom. The predicted octanol–water partition coefficient (Wildman–Crippen LogP) is 3.53. The number of amides is 1. The van der Waals surface area contributed by atoms with Gasteiger partial charge in [0, 0.05) is 19.6 Å². The second kappa shape index (κ2) is 7.12. The lowest BCUT2D eigenvalue weighted by molar-refractivity contribution is -0.141. The van der Waals surface area contributed by atoms with Gasteiger partial charge in [-0.25, -0.2) is 0 Å². The third-order valence-corrected chi connectivity index (χ3v) is 6.11. The summed E-state index contributed by atoms with van der Waals surface area (Å²) < 4.78 is 37.9. The van der Waals surface area contributed by atoms with Gasteiger partial charge in [-0.3, -0.25) is 9.78 Å². The van der Waals surface area contributed by atoms with Crippen molar-refractivity contribution in [2.24, 2.45) is 5.92 Å². The molecule has 2 aliphatic rings. The number of alkyl halides is 3. The molecule has 29 heavy (non-hydrogen) atoms. The summed E-state index contributed by atoms with van der Waals surface area (Å²) in [4.78, 5) is 21.1. The number of hydrogen-bond donors (Lipinski definition) is 0. The van der Waals surface area contributed by atoms with Gasteiger partial charge in [-0.05, 0) is 43.5 Å². The largest absolute Gasteiger partial charge is 0.435 e. The van der Waals surface area contributed by atoms with Gasteiger partial charge >= 0.3 is 6.18 Å². The minimum atomic E-state index is -4.52. The van der Waals surface area contributed by atoms with Crippen molar-refractivity contribution < 1.29 is 18.0 Å². The van der Waals surface area contributed by atoms with Crippen LogP contribution in [0.5, 0.6) is 0 Å². The molecule has 4 heterocycles. The summed E-state index contributed by atoms with van der Waals surface area (Å²) in [5, 5.41) is 7.58. The minimum absolute atomic E-state index is 0.0125. The molecule has 1 fully saturated rings. The topological polar surface area (TPSA) is 62.2 Å². The van der Waals surface area contributed by atoms with Crippen molar-refractivity contribution in [3.05, 3.63) is 45.4 Å². The van der Waals surface area contributed by atoms with Crippen molar-refractivity contribution in [1.29, 1.82) is 0 Å². The van der Waals surface area contributed by atoms with Gasteiger partial charge in [-0.2, -0.15) is 13.2 Å². The number of carbonyl (C=O) groups excluding carboxylic acids is 1. The highest BCUT2D eigenvalue weighted by molar-refractivity contribution is 6.32. The lowest BCUT2D eigenvalue weighted by atomic mass is 10.1. The summed E-state index contributed by atoms with van der Waals surface area (Å²) in [6.07, 6.45) is -3.91. The van der Waals surface area contributed by atoms with Crippen molar-refractivity contribution in [3.8, 4) is 0 Å². The van der Waals surface area contributed by atoms with Gasteiger partial charge in [0.25, 0.3) is 0 Å². The Morgan fingerprint density at radius 1 is 1.21 bits per heavy atom. The number of carbonyl (C=O) groups is 1. The van der Waals surface area contributed by atoms with E-state index in [1.54, 1.807) is 9.80 Å². The molecule has 10 heteroatoms. The fourth-order valence-electron chi connectivity index (χ4n) is 3.94. The van der Waals surface area contributed by atoms with Crippen molar-refractivity contribution >= 4 is 23.3 Å². The molecule has 154 valence electrons. The third-order valence-electron chi connectivity index (χ3n) is 5.55. The van der Waals surface area contributed by atoms with E-state index >= 15 is 0 Å². The van der Waals surface area contributed by atoms with Crippen LogP contribution in [-0.4, -0.2) is 39.1 Å². The monoisotopic (exact) mass is 425 g/mol. The second-order valence-electron chi connectivity index (χ2n) is 7.46. The molecule has 2 aromatic rings. The van der Waals surface area contributed by atoms with Crippen LogP contribution in [0.15, 0.2) is 12.1 Å². The van der Waals surface area contributed by atoms with Crippen molar-refractivity contribution in [2.75, 3.05) is 18.0 Å². The van der Waals surface area contributed by atoms with Crippen molar-refractivity contribution in [2.45, 2.75) is 39.5 Å². The van der Waals surface area contributed by atoms with Crippen LogP contribution in [0, 0.1) is 19.8 Å². The summed E-state index contributed by atoms with van der Waals surface area (Å²) in [5.41, 5.74) is 2.56. The van der Waals surface area contributed by atoms with Gasteiger partial charge in [-0.15, -0.1) is 10.2 Å². The zero-order valence-electron chi connectivity index (χ0n) is 15.9. The molecule has 0 unspecified atom stereocenters. The van der Waals surface area contributed by atoms with E-state index in [-0.39, 0.29) is 11.8 Å². The number of rotatable bonds is 2. The van der Waals surface area contributed by atoms with E-state index in [9.17, 15) is 18.0 Å². The molecule has 0 aromatic carbocycles. The van der Waals surface area contributed by atoms with Crippen LogP contribution in [0.4, 0.5) is 19.0 Å². The Morgan fingerprint density at radius 3 is 2.62 bits per heavy atom. The lowest BCUT2D eigenvalue weighted by Crippen LogP contribution is -2.34. The summed E-state index contributed by atoms with van der Waals surface area (Å²) in [6.45, 7) is 5.65. The van der Waals surface area contributed by atoms with E-state index in [1.165, 1.54) is 6.07 Å². The van der Waals surface area contributed by atoms with E-state index < -0.39 is 11.9 Å². The number of anilines is 1. The fraction of sp³-hybridized carbons (Fsp3) is 0.474. The van der Waals surface area contributed by atoms with Crippen molar-refractivity contribution in [1.82, 2.24) is 20.1 Å². The van der Waals surface area contributed by atoms with Crippen LogP contribution < -0.4 is 4.90 Å². The maximum atomic E-state index is 13.0. The molecule has 2 aromatic heterocycles. The van der Waals surface area contributed by atoms with Crippen LogP contribution in [0.2, 0.25) is 5.02 Å². The zero-order valence-corrected chi connectivity index (χ0v) is 16.7. The highest BCUT2D eigenvalue weighted by atomic mass is 35.5. The van der Waals surface area contributed by atoms with Crippen molar-refractivity contribution in [3.63, 3.8) is 0 Å². The Kier molecular flexibility index (Phi) is 4.88. The highest BCUT2D eigenvalue weighted by Crippen LogP contribution is 2.33. The molecule has 1 atom stereocenters. The van der Waals surface area contributed by atoms with Gasteiger partial charge < -0.3 is 9.80 Å². The fourth-order valence-corrected chi connectivity index (χ4v) is 4.09. The molecule has 0 bridgehead atoms. The van der Waals surface area contributed by atoms with Crippen LogP contribution in [0.25, 0.3) is 0 Å². The third kappa shape index (κ3) is 3.63. The Labute approximate surface area is 170 Å². The molecular weight excluding hydrogens is 407 g/mol. The molecule has 0 spiro atoms. The van der Waals surface area contributed by atoms with E-state index in [4.69, 9.17) is 11.6 Å². The molecule has 0 N–H and O–H groups in total. The first-order chi connectivity index (χ1) is 13.6. The van der Waals surface area contributed by atoms with Crippen LogP contribution >= 0.6 is 11.6 Å². The average Bonchev–Trinajstić information content (AvgIpc) is 3.33. The highest BCUT2D eigenvalue weighted by Gasteiger charge is 2.37. The van der Waals surface area contributed by atoms with E-state index in [0.717, 1.165) is 28.6 Å². The number of fused-ring (bicyclic) bond motifs is 1. The molecule has 0 saturated carbocycles. The second-order valence-corrected chi connectivity index (χ2v) is 7.84. The number of aromatic nitrogens is 3. The van der Waals surface area contributed by atoms with Crippen LogP contribution in [-0.2, 0) is 24.1 Å². The molecule has 4 rings (SSSR count). The number of hydrogen-bond acceptors (Lipinski definition) is 5. The Hall–Kier alpha value is -2.42. The minimum Gasteiger partial charge on any atom is -0.354 e. The van der Waals surface area contributed by atoms with E-state index in [2.05, 4.69) is 15.2 Å². The van der Waals surface area contributed by atoms with E-state index in [0.29, 0.717) is 43.4 Å². The molecule has 1 amide bonds. The standard InChI is InChI=1S/C19H19ClF3N5O/c1-10-13-8-28(9-14(13)24-11(2)17(10)20)18(29)12-5-6-27(7-12)16-4-3-15(25-26-16)19(21,22)23/h3-4,12H,5-9H2,1-2H3/t12-/m1/s1. The maximum absolute atomic E-state index is 13.0. The summed E-state index contributed by atoms with van der Waals surface area (Å²) in [6, 6.07) is 2.21. The summed E-state index contributed by atoms with van der Waals surface area (Å²) >= 11 is 6.29. The average molecular weight is 426 g/mol. The van der Waals surface area contributed by atoms with Crippen LogP contribution in [0.1, 0.15) is 34.6 Å². The van der Waals surface area contributed by atoms with Gasteiger partial charge in [0.05, 0.1) is 28.9 Å². The molecule has 1 saturated heterocycles. The van der Waals surface area contributed by atoms with Gasteiger partial charge in [0.1, 0.15) is 0 Å². The number of pyridine rings is 1. The quantitative estimate of drug-likeness (QED) is 0.736. The Bertz CT molecular complexity index is 964. The normalized spacial score (nSPS) is 19.0.